The molecule has 25 heavy (non-hydrogen) atoms. The van der Waals surface area contributed by atoms with Gasteiger partial charge in [-0.25, -0.2) is 9.98 Å². The van der Waals surface area contributed by atoms with Crippen molar-refractivity contribution in [1.82, 2.24) is 15.0 Å². The van der Waals surface area contributed by atoms with Gasteiger partial charge in [-0.2, -0.15) is 4.98 Å². The fourth-order valence-electron chi connectivity index (χ4n) is 3.18. The monoisotopic (exact) mass is 381 g/mol. The first-order valence-electron chi connectivity index (χ1n) is 8.06. The molecule has 134 valence electrons. The minimum absolute atomic E-state index is 0. The third-order valence-electron chi connectivity index (χ3n) is 4.38. The quantitative estimate of drug-likeness (QED) is 0.737. The lowest BCUT2D eigenvalue weighted by molar-refractivity contribution is 0.452. The summed E-state index contributed by atoms with van der Waals surface area (Å²) in [6.07, 6.45) is 11.5. The molecule has 4 rings (SSSR count). The summed E-state index contributed by atoms with van der Waals surface area (Å²) in [5.74, 6) is 1.34. The highest BCUT2D eigenvalue weighted by Crippen LogP contribution is 2.32. The summed E-state index contributed by atoms with van der Waals surface area (Å²) in [7, 11) is 0. The van der Waals surface area contributed by atoms with E-state index in [0.29, 0.717) is 23.5 Å². The lowest BCUT2D eigenvalue weighted by Crippen LogP contribution is -2.22. The molecule has 0 amide bonds. The van der Waals surface area contributed by atoms with Crippen molar-refractivity contribution < 1.29 is 5.11 Å². The standard InChI is InChI=1S/C17H19N5O.2ClH/c23-16-14(9-11-10-19-15-13(11)7-4-8-18-15)21-17(22-16)20-12-5-2-1-3-6-12;;/h4,7-10,12,23H,1-3,5-6H2,(H2,20,21,22);2*1H/b11-9+;;. The first-order chi connectivity index (χ1) is 11.3. The molecule has 0 aromatic carbocycles. The van der Waals surface area contributed by atoms with E-state index in [2.05, 4.69) is 25.3 Å². The second-order valence-electron chi connectivity index (χ2n) is 6.03. The van der Waals surface area contributed by atoms with Crippen molar-refractivity contribution in [2.45, 2.75) is 38.1 Å². The van der Waals surface area contributed by atoms with Crippen LogP contribution in [0.4, 0.5) is 11.8 Å². The van der Waals surface area contributed by atoms with Crippen LogP contribution in [0.3, 0.4) is 0 Å². The Balaban J connectivity index is 0.00000113. The number of aliphatic imine (C=N–C) groups is 1. The van der Waals surface area contributed by atoms with Crippen molar-refractivity contribution in [3.05, 3.63) is 29.6 Å². The van der Waals surface area contributed by atoms with Gasteiger partial charge in [0.1, 0.15) is 5.69 Å². The Labute approximate surface area is 158 Å². The van der Waals surface area contributed by atoms with Gasteiger partial charge in [0.25, 0.3) is 0 Å². The molecular weight excluding hydrogens is 361 g/mol. The third-order valence-corrected chi connectivity index (χ3v) is 4.38. The van der Waals surface area contributed by atoms with Gasteiger partial charge in [-0.15, -0.1) is 24.8 Å². The predicted molar refractivity (Wildman–Crippen MR) is 106 cm³/mol. The highest BCUT2D eigenvalue weighted by Gasteiger charge is 2.17. The Morgan fingerprint density at radius 1 is 1.20 bits per heavy atom. The topological polar surface area (TPSA) is 86.2 Å². The van der Waals surface area contributed by atoms with Gasteiger partial charge < -0.3 is 15.4 Å². The van der Waals surface area contributed by atoms with E-state index in [1.165, 1.54) is 19.3 Å². The molecule has 2 aromatic heterocycles. The smallest absolute Gasteiger partial charge is 0.238 e. The summed E-state index contributed by atoms with van der Waals surface area (Å²) in [5, 5.41) is 13.5. The van der Waals surface area contributed by atoms with Crippen LogP contribution in [-0.2, 0) is 0 Å². The first kappa shape index (κ1) is 19.3. The molecule has 3 N–H and O–H groups in total. The maximum absolute atomic E-state index is 10.1. The highest BCUT2D eigenvalue weighted by atomic mass is 35.5. The Morgan fingerprint density at radius 3 is 2.80 bits per heavy atom. The number of nitrogens with one attached hydrogen (secondary N) is 2. The van der Waals surface area contributed by atoms with Crippen molar-refractivity contribution >= 4 is 54.4 Å². The molecule has 0 atom stereocenters. The zero-order chi connectivity index (χ0) is 15.6. The van der Waals surface area contributed by atoms with Crippen LogP contribution < -0.4 is 5.32 Å². The van der Waals surface area contributed by atoms with E-state index in [-0.39, 0.29) is 30.7 Å². The van der Waals surface area contributed by atoms with Gasteiger partial charge in [-0.1, -0.05) is 19.3 Å². The number of hydrogen-bond donors (Lipinski definition) is 3. The minimum Gasteiger partial charge on any atom is -0.492 e. The summed E-state index contributed by atoms with van der Waals surface area (Å²) in [6.45, 7) is 0. The number of allylic oxidation sites excluding steroid dienone is 1. The van der Waals surface area contributed by atoms with Crippen molar-refractivity contribution in [3.8, 4) is 5.88 Å². The number of hydrogen-bond acceptors (Lipinski definition) is 5. The number of rotatable bonds is 3. The molecule has 0 radical (unpaired) electrons. The van der Waals surface area contributed by atoms with Gasteiger partial charge in [0.15, 0.2) is 5.82 Å². The Kier molecular flexibility index (Phi) is 6.45. The number of halogens is 2. The van der Waals surface area contributed by atoms with Crippen LogP contribution in [0.15, 0.2) is 23.3 Å². The SMILES string of the molecule is Cl.Cl.Oc1nc(NC2CCCCC2)[nH]c1/C=C1\C=Nc2ncccc21. The Hall–Kier alpha value is -2.05. The van der Waals surface area contributed by atoms with E-state index < -0.39 is 0 Å². The minimum atomic E-state index is 0. The van der Waals surface area contributed by atoms with Gasteiger partial charge in [0.05, 0.1) is 0 Å². The normalized spacial score (nSPS) is 17.7. The fourth-order valence-corrected chi connectivity index (χ4v) is 3.18. The number of nitrogens with zero attached hydrogens (tertiary/aromatic N) is 3. The van der Waals surface area contributed by atoms with Crippen LogP contribution in [0, 0.1) is 0 Å². The second kappa shape index (κ2) is 8.36. The molecule has 1 fully saturated rings. The maximum Gasteiger partial charge on any atom is 0.238 e. The zero-order valence-corrected chi connectivity index (χ0v) is 15.2. The van der Waals surface area contributed by atoms with Gasteiger partial charge in [0.2, 0.25) is 11.8 Å². The molecule has 2 aromatic rings. The number of anilines is 1. The van der Waals surface area contributed by atoms with E-state index in [9.17, 15) is 5.11 Å². The molecule has 2 aliphatic rings. The predicted octanol–water partition coefficient (Wildman–Crippen LogP) is 4.36. The van der Waals surface area contributed by atoms with Crippen molar-refractivity contribution in [3.63, 3.8) is 0 Å². The van der Waals surface area contributed by atoms with Gasteiger partial charge >= 0.3 is 0 Å². The van der Waals surface area contributed by atoms with E-state index in [0.717, 1.165) is 24.0 Å². The van der Waals surface area contributed by atoms with Crippen LogP contribution in [0.1, 0.15) is 43.4 Å². The molecule has 0 spiro atoms. The molecule has 3 heterocycles. The van der Waals surface area contributed by atoms with Crippen molar-refractivity contribution in [2.24, 2.45) is 4.99 Å². The van der Waals surface area contributed by atoms with E-state index >= 15 is 0 Å². The molecule has 0 unspecified atom stereocenters. The van der Waals surface area contributed by atoms with Crippen LogP contribution >= 0.6 is 24.8 Å². The number of aromatic amines is 1. The van der Waals surface area contributed by atoms with Crippen LogP contribution in [0.5, 0.6) is 5.88 Å². The molecule has 1 aliphatic carbocycles. The largest absolute Gasteiger partial charge is 0.492 e. The van der Waals surface area contributed by atoms with Gasteiger partial charge in [0, 0.05) is 29.6 Å². The first-order valence-corrected chi connectivity index (χ1v) is 8.06. The summed E-state index contributed by atoms with van der Waals surface area (Å²) >= 11 is 0. The van der Waals surface area contributed by atoms with Crippen molar-refractivity contribution in [1.29, 1.82) is 0 Å². The van der Waals surface area contributed by atoms with Crippen LogP contribution in [-0.4, -0.2) is 32.3 Å². The number of pyridine rings is 1. The second-order valence-corrected chi connectivity index (χ2v) is 6.03. The average molecular weight is 382 g/mol. The molecule has 0 saturated heterocycles. The van der Waals surface area contributed by atoms with Gasteiger partial charge in [-0.3, -0.25) is 0 Å². The lowest BCUT2D eigenvalue weighted by Gasteiger charge is -2.22. The van der Waals surface area contributed by atoms with Crippen LogP contribution in [0.25, 0.3) is 11.6 Å². The zero-order valence-electron chi connectivity index (χ0n) is 13.6. The van der Waals surface area contributed by atoms with E-state index in [1.807, 2.05) is 18.2 Å². The summed E-state index contributed by atoms with van der Waals surface area (Å²) in [4.78, 5) is 15.8. The summed E-state index contributed by atoms with van der Waals surface area (Å²) in [5.41, 5.74) is 2.46. The molecular formula is C17H21Cl2N5O. The Bertz CT molecular complexity index is 781. The average Bonchev–Trinajstić information content (AvgIpc) is 3.13. The highest BCUT2D eigenvalue weighted by molar-refractivity contribution is 6.20. The maximum atomic E-state index is 10.1. The summed E-state index contributed by atoms with van der Waals surface area (Å²) in [6, 6.07) is 4.28. The molecule has 8 heteroatoms. The van der Waals surface area contributed by atoms with E-state index in [4.69, 9.17) is 0 Å². The number of imidazole rings is 1. The molecule has 6 nitrogen and oxygen atoms in total. The number of aromatic nitrogens is 3. The molecule has 0 bridgehead atoms. The third kappa shape index (κ3) is 4.14. The van der Waals surface area contributed by atoms with Crippen LogP contribution in [0.2, 0.25) is 0 Å². The number of aromatic hydroxyl groups is 1. The van der Waals surface area contributed by atoms with Crippen molar-refractivity contribution in [2.75, 3.05) is 5.32 Å². The van der Waals surface area contributed by atoms with Gasteiger partial charge in [-0.05, 0) is 31.1 Å². The number of fused-ring (bicyclic) bond motifs is 1. The summed E-state index contributed by atoms with van der Waals surface area (Å²) < 4.78 is 0. The molecule has 1 aliphatic heterocycles. The molecule has 1 saturated carbocycles. The fraction of sp³-hybridized carbons (Fsp3) is 0.353. The lowest BCUT2D eigenvalue weighted by atomic mass is 9.96. The van der Waals surface area contributed by atoms with E-state index in [1.54, 1.807) is 12.4 Å². The number of H-pyrrole nitrogens is 1. The Morgan fingerprint density at radius 2 is 2.00 bits per heavy atom.